The van der Waals surface area contributed by atoms with Crippen molar-refractivity contribution in [1.29, 1.82) is 0 Å². The van der Waals surface area contributed by atoms with Gasteiger partial charge in [-0.05, 0) is 38.1 Å². The van der Waals surface area contributed by atoms with Crippen molar-refractivity contribution < 1.29 is 9.84 Å². The summed E-state index contributed by atoms with van der Waals surface area (Å²) in [5.74, 6) is 0. The summed E-state index contributed by atoms with van der Waals surface area (Å²) in [4.78, 5) is 2.39. The average Bonchev–Trinajstić information content (AvgIpc) is 2.51. The largest absolute Gasteiger partial charge is 0.394 e. The van der Waals surface area contributed by atoms with Gasteiger partial charge < -0.3 is 15.2 Å². The van der Waals surface area contributed by atoms with Crippen LogP contribution in [0.15, 0.2) is 24.3 Å². The van der Waals surface area contributed by atoms with E-state index in [0.29, 0.717) is 18.7 Å². The predicted octanol–water partition coefficient (Wildman–Crippen LogP) is 2.07. The molecule has 0 saturated carbocycles. The lowest BCUT2D eigenvalue weighted by molar-refractivity contribution is -0.0783. The topological polar surface area (TPSA) is 44.7 Å². The number of halogens is 1. The van der Waals surface area contributed by atoms with Crippen LogP contribution in [0.2, 0.25) is 5.02 Å². The summed E-state index contributed by atoms with van der Waals surface area (Å²) in [5.41, 5.74) is 1.25. The number of rotatable bonds is 6. The van der Waals surface area contributed by atoms with Crippen molar-refractivity contribution in [1.82, 2.24) is 10.2 Å². The first-order chi connectivity index (χ1) is 10.1. The van der Waals surface area contributed by atoms with Crippen LogP contribution in [0.3, 0.4) is 0 Å². The Kier molecular flexibility index (Phi) is 6.45. The molecule has 0 aromatic heterocycles. The Hall–Kier alpha value is -0.650. The van der Waals surface area contributed by atoms with Crippen molar-refractivity contribution in [2.24, 2.45) is 0 Å². The zero-order chi connectivity index (χ0) is 15.2. The summed E-state index contributed by atoms with van der Waals surface area (Å²) in [6.07, 6.45) is 0.963. The summed E-state index contributed by atoms with van der Waals surface area (Å²) in [5, 5.41) is 13.4. The monoisotopic (exact) mass is 312 g/mol. The second-order valence-corrected chi connectivity index (χ2v) is 6.10. The molecule has 1 aromatic rings. The molecule has 2 rings (SSSR count). The summed E-state index contributed by atoms with van der Waals surface area (Å²) >= 11 is 5.94. The van der Waals surface area contributed by atoms with Crippen molar-refractivity contribution >= 4 is 11.6 Å². The highest BCUT2D eigenvalue weighted by molar-refractivity contribution is 6.30. The molecule has 2 N–H and O–H groups in total. The molecule has 0 amide bonds. The summed E-state index contributed by atoms with van der Waals surface area (Å²) in [7, 11) is 1.98. The van der Waals surface area contributed by atoms with Gasteiger partial charge in [-0.15, -0.1) is 0 Å². The first-order valence-electron chi connectivity index (χ1n) is 7.53. The van der Waals surface area contributed by atoms with E-state index in [1.165, 1.54) is 5.56 Å². The van der Waals surface area contributed by atoms with E-state index in [2.05, 4.69) is 29.3 Å². The highest BCUT2D eigenvalue weighted by Gasteiger charge is 2.25. The molecule has 0 bridgehead atoms. The molecule has 5 heteroatoms. The maximum Gasteiger partial charge on any atom is 0.0933 e. The molecular formula is C16H25ClN2O2. The summed E-state index contributed by atoms with van der Waals surface area (Å²) < 4.78 is 5.58. The van der Waals surface area contributed by atoms with E-state index in [-0.39, 0.29) is 12.7 Å². The Morgan fingerprint density at radius 2 is 2.14 bits per heavy atom. The standard InChI is InChI=1S/C16H25ClN2O2/c1-12-11-21-15(10-20)9-19(12)8-7-16(18-2)13-3-5-14(17)6-4-13/h3-6,12,15-16,18,20H,7-11H2,1-2H3. The van der Waals surface area contributed by atoms with Crippen LogP contribution in [0.5, 0.6) is 0 Å². The van der Waals surface area contributed by atoms with Crippen LogP contribution in [0.1, 0.15) is 24.9 Å². The van der Waals surface area contributed by atoms with Crippen molar-refractivity contribution in [2.75, 3.05) is 33.4 Å². The molecule has 118 valence electrons. The van der Waals surface area contributed by atoms with Crippen LogP contribution >= 0.6 is 11.6 Å². The zero-order valence-corrected chi connectivity index (χ0v) is 13.5. The molecule has 1 fully saturated rings. The van der Waals surface area contributed by atoms with Crippen molar-refractivity contribution in [3.63, 3.8) is 0 Å². The Balaban J connectivity index is 1.91. The smallest absolute Gasteiger partial charge is 0.0933 e. The van der Waals surface area contributed by atoms with Gasteiger partial charge in [0.15, 0.2) is 0 Å². The van der Waals surface area contributed by atoms with E-state index in [1.54, 1.807) is 0 Å². The molecule has 1 aliphatic heterocycles. The molecule has 3 atom stereocenters. The van der Waals surface area contributed by atoms with E-state index in [1.807, 2.05) is 19.2 Å². The minimum Gasteiger partial charge on any atom is -0.394 e. The molecule has 3 unspecified atom stereocenters. The lowest BCUT2D eigenvalue weighted by atomic mass is 10.0. The maximum atomic E-state index is 9.25. The minimum atomic E-state index is -0.0511. The number of ether oxygens (including phenoxy) is 1. The normalized spacial score (nSPS) is 25.0. The first-order valence-corrected chi connectivity index (χ1v) is 7.91. The zero-order valence-electron chi connectivity index (χ0n) is 12.8. The van der Waals surface area contributed by atoms with Crippen LogP contribution in [0, 0.1) is 0 Å². The number of nitrogens with zero attached hydrogens (tertiary/aromatic N) is 1. The third-order valence-electron chi connectivity index (χ3n) is 4.16. The van der Waals surface area contributed by atoms with Gasteiger partial charge in [-0.25, -0.2) is 0 Å². The van der Waals surface area contributed by atoms with E-state index in [0.717, 1.165) is 24.5 Å². The predicted molar refractivity (Wildman–Crippen MR) is 85.7 cm³/mol. The third-order valence-corrected chi connectivity index (χ3v) is 4.42. The number of benzene rings is 1. The fraction of sp³-hybridized carbons (Fsp3) is 0.625. The number of morpholine rings is 1. The Bertz CT molecular complexity index is 427. The molecule has 1 heterocycles. The number of aliphatic hydroxyl groups is 1. The molecule has 1 aliphatic rings. The second-order valence-electron chi connectivity index (χ2n) is 5.66. The van der Waals surface area contributed by atoms with Crippen molar-refractivity contribution in [3.8, 4) is 0 Å². The molecule has 0 spiro atoms. The van der Waals surface area contributed by atoms with Crippen LogP contribution < -0.4 is 5.32 Å². The van der Waals surface area contributed by atoms with Gasteiger partial charge >= 0.3 is 0 Å². The van der Waals surface area contributed by atoms with Crippen LogP contribution in [0.4, 0.5) is 0 Å². The lowest BCUT2D eigenvalue weighted by Crippen LogP contribution is -2.50. The van der Waals surface area contributed by atoms with Crippen LogP contribution in [-0.2, 0) is 4.74 Å². The Morgan fingerprint density at radius 1 is 1.43 bits per heavy atom. The van der Waals surface area contributed by atoms with Gasteiger partial charge in [0.25, 0.3) is 0 Å². The van der Waals surface area contributed by atoms with Gasteiger partial charge in [-0.3, -0.25) is 4.90 Å². The van der Waals surface area contributed by atoms with E-state index in [9.17, 15) is 5.11 Å². The number of aliphatic hydroxyl groups excluding tert-OH is 1. The quantitative estimate of drug-likeness (QED) is 0.844. The fourth-order valence-electron chi connectivity index (χ4n) is 2.76. The van der Waals surface area contributed by atoms with Gasteiger partial charge in [0.1, 0.15) is 0 Å². The van der Waals surface area contributed by atoms with E-state index in [4.69, 9.17) is 16.3 Å². The summed E-state index contributed by atoms with van der Waals surface area (Å²) in [6, 6.07) is 8.71. The molecular weight excluding hydrogens is 288 g/mol. The van der Waals surface area contributed by atoms with E-state index >= 15 is 0 Å². The van der Waals surface area contributed by atoms with E-state index < -0.39 is 0 Å². The number of nitrogens with one attached hydrogen (secondary N) is 1. The highest BCUT2D eigenvalue weighted by atomic mass is 35.5. The minimum absolute atomic E-state index is 0.0511. The summed E-state index contributed by atoms with van der Waals surface area (Å²) in [6.45, 7) is 4.74. The molecule has 4 nitrogen and oxygen atoms in total. The van der Waals surface area contributed by atoms with Crippen LogP contribution in [0.25, 0.3) is 0 Å². The third kappa shape index (κ3) is 4.66. The molecule has 1 saturated heterocycles. The number of hydrogen-bond acceptors (Lipinski definition) is 4. The van der Waals surface area contributed by atoms with Crippen molar-refractivity contribution in [3.05, 3.63) is 34.9 Å². The second kappa shape index (κ2) is 8.11. The highest BCUT2D eigenvalue weighted by Crippen LogP contribution is 2.21. The Morgan fingerprint density at radius 3 is 2.76 bits per heavy atom. The van der Waals surface area contributed by atoms with Gasteiger partial charge in [0.2, 0.25) is 0 Å². The fourth-order valence-corrected chi connectivity index (χ4v) is 2.89. The van der Waals surface area contributed by atoms with Gasteiger partial charge in [0.05, 0.1) is 19.3 Å². The van der Waals surface area contributed by atoms with Crippen molar-refractivity contribution in [2.45, 2.75) is 31.5 Å². The average molecular weight is 313 g/mol. The SMILES string of the molecule is CNC(CCN1CC(CO)OCC1C)c1ccc(Cl)cc1. The lowest BCUT2D eigenvalue weighted by Gasteiger charge is -2.38. The first kappa shape index (κ1) is 16.7. The molecule has 0 aliphatic carbocycles. The van der Waals surface area contributed by atoms with Crippen LogP contribution in [-0.4, -0.2) is 55.5 Å². The number of hydrogen-bond donors (Lipinski definition) is 2. The van der Waals surface area contributed by atoms with Gasteiger partial charge in [-0.2, -0.15) is 0 Å². The Labute approximate surface area is 132 Å². The van der Waals surface area contributed by atoms with Gasteiger partial charge in [-0.1, -0.05) is 23.7 Å². The maximum absolute atomic E-state index is 9.25. The van der Waals surface area contributed by atoms with Gasteiger partial charge in [0, 0.05) is 30.2 Å². The molecule has 1 aromatic carbocycles. The molecule has 21 heavy (non-hydrogen) atoms. The molecule has 0 radical (unpaired) electrons.